The maximum atomic E-state index is 13.5. The molecule has 0 radical (unpaired) electrons. The second-order valence-corrected chi connectivity index (χ2v) is 12.9. The van der Waals surface area contributed by atoms with E-state index in [9.17, 15) is 13.6 Å². The highest BCUT2D eigenvalue weighted by atomic mass is 35.5. The Hall–Kier alpha value is -2.78. The molecule has 2 aromatic carbocycles. The summed E-state index contributed by atoms with van der Waals surface area (Å²) in [6.07, 6.45) is 4.91. The number of halogens is 4. The van der Waals surface area contributed by atoms with E-state index in [4.69, 9.17) is 23.2 Å². The summed E-state index contributed by atoms with van der Waals surface area (Å²) in [6.45, 7) is 10.3. The van der Waals surface area contributed by atoms with E-state index in [0.717, 1.165) is 75.7 Å². The van der Waals surface area contributed by atoms with Crippen LogP contribution in [0.4, 0.5) is 14.6 Å². The van der Waals surface area contributed by atoms with Gasteiger partial charge in [-0.15, -0.1) is 0 Å². The summed E-state index contributed by atoms with van der Waals surface area (Å²) in [7, 11) is 0. The SMILES string of the molecule is CC(C)C[C@H]1CN(c2ncc(C(=O)NCc3ccc(F)c(F)c3)cc2Cl)CCN1C1CCN(Cc2ccc(Cl)cc2)CC1.[HH]. The van der Waals surface area contributed by atoms with E-state index in [1.165, 1.54) is 17.8 Å². The largest absolute Gasteiger partial charge is 0.353 e. The Labute approximate surface area is 264 Å². The van der Waals surface area contributed by atoms with Crippen molar-refractivity contribution in [3.8, 4) is 0 Å². The average Bonchev–Trinajstić information content (AvgIpc) is 2.99. The molecule has 2 aliphatic heterocycles. The van der Waals surface area contributed by atoms with E-state index in [1.54, 1.807) is 6.07 Å². The molecule has 5 rings (SSSR count). The molecule has 1 N–H and O–H groups in total. The standard InChI is InChI=1S/C33H39Cl2F2N5O.H2/c1-22(2)15-28-21-41(13-14-42(28)27-9-11-40(12-10-27)20-23-3-6-26(34)7-4-23)32-29(35)17-25(19-38-32)33(43)39-18-24-5-8-30(36)31(37)16-24;/h3-8,16-17,19,22,27-28H,9-15,18,20-21H2,1-2H3,(H,39,43);1H/t28-;/m0./s1. The molecule has 1 amide bonds. The number of nitrogens with zero attached hydrogens (tertiary/aromatic N) is 4. The number of rotatable bonds is 9. The molecule has 2 aliphatic rings. The van der Waals surface area contributed by atoms with Gasteiger partial charge in [-0.3, -0.25) is 14.6 Å². The second-order valence-electron chi connectivity index (χ2n) is 12.1. The molecule has 6 nitrogen and oxygen atoms in total. The number of nitrogens with one attached hydrogen (secondary N) is 1. The number of hydrogen-bond acceptors (Lipinski definition) is 5. The van der Waals surface area contributed by atoms with Crippen molar-refractivity contribution in [2.75, 3.05) is 37.6 Å². The van der Waals surface area contributed by atoms with Crippen LogP contribution < -0.4 is 10.2 Å². The molecule has 2 saturated heterocycles. The summed E-state index contributed by atoms with van der Waals surface area (Å²) in [4.78, 5) is 24.8. The van der Waals surface area contributed by atoms with Crippen molar-refractivity contribution in [2.24, 2.45) is 5.92 Å². The van der Waals surface area contributed by atoms with Crippen molar-refractivity contribution >= 4 is 34.9 Å². The second kappa shape index (κ2) is 14.3. The van der Waals surface area contributed by atoms with Crippen molar-refractivity contribution in [3.63, 3.8) is 0 Å². The molecule has 0 unspecified atom stereocenters. The molecular formula is C33H41Cl2F2N5O. The highest BCUT2D eigenvalue weighted by Crippen LogP contribution is 2.31. The minimum atomic E-state index is -0.948. The first-order valence-corrected chi connectivity index (χ1v) is 15.8. The van der Waals surface area contributed by atoms with E-state index >= 15 is 0 Å². The molecule has 10 heteroatoms. The highest BCUT2D eigenvalue weighted by molar-refractivity contribution is 6.33. The van der Waals surface area contributed by atoms with E-state index in [0.29, 0.717) is 40.0 Å². The van der Waals surface area contributed by atoms with E-state index in [-0.39, 0.29) is 13.9 Å². The molecule has 0 bridgehead atoms. The smallest absolute Gasteiger partial charge is 0.253 e. The fourth-order valence-electron chi connectivity index (χ4n) is 6.28. The Kier molecular flexibility index (Phi) is 10.5. The summed E-state index contributed by atoms with van der Waals surface area (Å²) in [5, 5.41) is 3.92. The lowest BCUT2D eigenvalue weighted by Gasteiger charge is -2.48. The van der Waals surface area contributed by atoms with Crippen molar-refractivity contribution in [1.29, 1.82) is 0 Å². The summed E-state index contributed by atoms with van der Waals surface area (Å²) in [6, 6.07) is 14.3. The predicted molar refractivity (Wildman–Crippen MR) is 171 cm³/mol. The third-order valence-corrected chi connectivity index (χ3v) is 8.97. The normalized spacial score (nSPS) is 18.8. The molecule has 232 valence electrons. The Balaban J connectivity index is 0.00000442. The molecule has 1 aromatic heterocycles. The van der Waals surface area contributed by atoms with Crippen LogP contribution in [0, 0.1) is 17.6 Å². The quantitative estimate of drug-likeness (QED) is 0.274. The van der Waals surface area contributed by atoms with Gasteiger partial charge in [-0.2, -0.15) is 0 Å². The van der Waals surface area contributed by atoms with Gasteiger partial charge in [0.05, 0.1) is 10.6 Å². The lowest BCUT2D eigenvalue weighted by molar-refractivity contribution is 0.0545. The topological polar surface area (TPSA) is 51.7 Å². The first-order valence-electron chi connectivity index (χ1n) is 15.0. The van der Waals surface area contributed by atoms with Gasteiger partial charge in [0.25, 0.3) is 5.91 Å². The Morgan fingerprint density at radius 3 is 2.40 bits per heavy atom. The molecule has 2 fully saturated rings. The molecular weight excluding hydrogens is 591 g/mol. The molecule has 0 saturated carbocycles. The maximum absolute atomic E-state index is 13.5. The first kappa shape index (κ1) is 31.6. The van der Waals surface area contributed by atoms with E-state index in [2.05, 4.69) is 51.0 Å². The van der Waals surface area contributed by atoms with Crippen LogP contribution in [-0.2, 0) is 13.1 Å². The zero-order valence-electron chi connectivity index (χ0n) is 24.7. The monoisotopic (exact) mass is 631 g/mol. The van der Waals surface area contributed by atoms with Crippen LogP contribution in [0.3, 0.4) is 0 Å². The molecule has 0 aliphatic carbocycles. The van der Waals surface area contributed by atoms with Gasteiger partial charge in [0.1, 0.15) is 5.82 Å². The van der Waals surface area contributed by atoms with E-state index < -0.39 is 11.6 Å². The van der Waals surface area contributed by atoms with Crippen LogP contribution in [-0.4, -0.2) is 65.5 Å². The third kappa shape index (κ3) is 8.24. The lowest BCUT2D eigenvalue weighted by atomic mass is 9.94. The van der Waals surface area contributed by atoms with E-state index in [1.807, 2.05) is 12.1 Å². The fourth-order valence-corrected chi connectivity index (χ4v) is 6.69. The van der Waals surface area contributed by atoms with Gasteiger partial charge in [-0.05, 0) is 79.7 Å². The summed E-state index contributed by atoms with van der Waals surface area (Å²) in [5.41, 5.74) is 2.08. The van der Waals surface area contributed by atoms with Gasteiger partial charge in [0, 0.05) is 57.5 Å². The number of hydrogen-bond donors (Lipinski definition) is 1. The van der Waals surface area contributed by atoms with Crippen LogP contribution in [0.2, 0.25) is 10.0 Å². The van der Waals surface area contributed by atoms with Crippen LogP contribution >= 0.6 is 23.2 Å². The van der Waals surface area contributed by atoms with Crippen molar-refractivity contribution in [3.05, 3.63) is 93.1 Å². The van der Waals surface area contributed by atoms with Gasteiger partial charge < -0.3 is 10.2 Å². The minimum absolute atomic E-state index is 0. The molecule has 1 atom stereocenters. The number of carbonyl (C=O) groups is 1. The minimum Gasteiger partial charge on any atom is -0.353 e. The number of benzene rings is 2. The summed E-state index contributed by atoms with van der Waals surface area (Å²) in [5.74, 6) is -1.01. The Morgan fingerprint density at radius 2 is 1.72 bits per heavy atom. The van der Waals surface area contributed by atoms with Crippen molar-refractivity contribution in [1.82, 2.24) is 20.1 Å². The zero-order valence-corrected chi connectivity index (χ0v) is 26.2. The summed E-state index contributed by atoms with van der Waals surface area (Å²) >= 11 is 12.7. The number of piperazine rings is 1. The van der Waals surface area contributed by atoms with Gasteiger partial charge >= 0.3 is 0 Å². The Bertz CT molecular complexity index is 1410. The van der Waals surface area contributed by atoms with Gasteiger partial charge in [-0.1, -0.05) is 55.2 Å². The lowest BCUT2D eigenvalue weighted by Crippen LogP contribution is -2.59. The highest BCUT2D eigenvalue weighted by Gasteiger charge is 2.35. The van der Waals surface area contributed by atoms with Gasteiger partial charge in [0.2, 0.25) is 0 Å². The predicted octanol–water partition coefficient (Wildman–Crippen LogP) is 7.04. The number of aromatic nitrogens is 1. The first-order chi connectivity index (χ1) is 20.7. The molecule has 3 heterocycles. The molecule has 0 spiro atoms. The number of amides is 1. The van der Waals surface area contributed by atoms with Crippen LogP contribution in [0.25, 0.3) is 0 Å². The number of carbonyl (C=O) groups excluding carboxylic acids is 1. The Morgan fingerprint density at radius 1 is 1.00 bits per heavy atom. The number of pyridine rings is 1. The van der Waals surface area contributed by atoms with Crippen molar-refractivity contribution < 1.29 is 15.0 Å². The zero-order chi connectivity index (χ0) is 30.5. The molecule has 43 heavy (non-hydrogen) atoms. The number of piperidine rings is 1. The number of anilines is 1. The number of likely N-dealkylation sites (tertiary alicyclic amines) is 1. The average molecular weight is 633 g/mol. The van der Waals surface area contributed by atoms with Crippen LogP contribution in [0.5, 0.6) is 0 Å². The van der Waals surface area contributed by atoms with Gasteiger partial charge in [-0.25, -0.2) is 13.8 Å². The molecule has 3 aromatic rings. The van der Waals surface area contributed by atoms with Gasteiger partial charge in [0.15, 0.2) is 11.6 Å². The maximum Gasteiger partial charge on any atom is 0.253 e. The van der Waals surface area contributed by atoms with Crippen molar-refractivity contribution in [2.45, 2.75) is 58.3 Å². The summed E-state index contributed by atoms with van der Waals surface area (Å²) < 4.78 is 26.7. The third-order valence-electron chi connectivity index (χ3n) is 8.44. The van der Waals surface area contributed by atoms with Crippen LogP contribution in [0.1, 0.15) is 56.0 Å². The van der Waals surface area contributed by atoms with Crippen LogP contribution in [0.15, 0.2) is 54.7 Å². The fraction of sp³-hybridized carbons (Fsp3) is 0.455.